The minimum absolute atomic E-state index is 0.139. The van der Waals surface area contributed by atoms with E-state index in [0.29, 0.717) is 5.69 Å². The minimum Gasteiger partial charge on any atom is -0.358 e. The average molecular weight is 316 g/mol. The van der Waals surface area contributed by atoms with E-state index in [0.717, 1.165) is 16.8 Å². The molecule has 0 bridgehead atoms. The molecule has 2 aromatic rings. The number of para-hydroxylation sites is 1. The number of hydrogen-bond acceptors (Lipinski definition) is 4. The summed E-state index contributed by atoms with van der Waals surface area (Å²) in [6.45, 7) is 7.67. The third-order valence-electron chi connectivity index (χ3n) is 3.78. The molecule has 122 valence electrons. The highest BCUT2D eigenvalue weighted by Crippen LogP contribution is 2.21. The van der Waals surface area contributed by atoms with E-state index in [2.05, 4.69) is 10.4 Å². The number of benzene rings is 1. The molecular formula is C16H20N4O3. The van der Waals surface area contributed by atoms with Crippen LogP contribution in [0.3, 0.4) is 0 Å². The number of carbonyl (C=O) groups excluding carboxylic acids is 1. The number of hydrogen-bond donors (Lipinski definition) is 1. The zero-order valence-electron chi connectivity index (χ0n) is 13.7. The number of rotatable bonds is 5. The summed E-state index contributed by atoms with van der Waals surface area (Å²) in [5, 5.41) is 17.6. The molecule has 2 rings (SSSR count). The van der Waals surface area contributed by atoms with E-state index in [9.17, 15) is 14.9 Å². The van der Waals surface area contributed by atoms with Crippen LogP contribution in [-0.2, 0) is 11.3 Å². The maximum atomic E-state index is 12.4. The number of nitrogens with zero attached hydrogens (tertiary/aromatic N) is 3. The fraction of sp³-hybridized carbons (Fsp3) is 0.375. The molecule has 0 saturated carbocycles. The van der Waals surface area contributed by atoms with Crippen molar-refractivity contribution in [1.82, 2.24) is 9.78 Å². The van der Waals surface area contributed by atoms with Gasteiger partial charge in [-0.3, -0.25) is 4.79 Å². The maximum Gasteiger partial charge on any atom is 0.390 e. The number of carbonyl (C=O) groups is 1. The first kappa shape index (κ1) is 16.7. The van der Waals surface area contributed by atoms with Crippen LogP contribution in [0, 0.1) is 36.8 Å². The summed E-state index contributed by atoms with van der Waals surface area (Å²) in [6, 6.07) is 7.22. The van der Waals surface area contributed by atoms with Crippen LogP contribution in [-0.4, -0.2) is 20.6 Å². The number of amides is 1. The first-order valence-corrected chi connectivity index (χ1v) is 7.35. The molecule has 23 heavy (non-hydrogen) atoms. The van der Waals surface area contributed by atoms with Gasteiger partial charge in [0.1, 0.15) is 0 Å². The Bertz CT molecular complexity index is 732. The second-order valence-electron chi connectivity index (χ2n) is 5.74. The van der Waals surface area contributed by atoms with Crippen LogP contribution in [0.25, 0.3) is 0 Å². The van der Waals surface area contributed by atoms with Gasteiger partial charge >= 0.3 is 5.82 Å². The third kappa shape index (κ3) is 3.74. The van der Waals surface area contributed by atoms with Crippen molar-refractivity contribution in [2.75, 3.05) is 5.32 Å². The van der Waals surface area contributed by atoms with E-state index >= 15 is 0 Å². The molecule has 1 aromatic carbocycles. The molecule has 1 unspecified atom stereocenters. The quantitative estimate of drug-likeness (QED) is 0.678. The van der Waals surface area contributed by atoms with Crippen LogP contribution in [0.5, 0.6) is 0 Å². The van der Waals surface area contributed by atoms with Gasteiger partial charge in [-0.2, -0.15) is 4.68 Å². The lowest BCUT2D eigenvalue weighted by molar-refractivity contribution is -0.389. The second-order valence-corrected chi connectivity index (χ2v) is 5.74. The standard InChI is InChI=1S/C16H20N4O3/c1-10-6-5-7-11(2)15(10)17-16(21)12(3)9-19-13(4)8-14(18-19)20(22)23/h5-8,12H,9H2,1-4H3,(H,17,21). The Labute approximate surface area is 134 Å². The van der Waals surface area contributed by atoms with Gasteiger partial charge in [0.15, 0.2) is 0 Å². The van der Waals surface area contributed by atoms with Gasteiger partial charge in [-0.15, -0.1) is 0 Å². The largest absolute Gasteiger partial charge is 0.390 e. The average Bonchev–Trinajstić information content (AvgIpc) is 2.84. The fourth-order valence-corrected chi connectivity index (χ4v) is 2.37. The highest BCUT2D eigenvalue weighted by Gasteiger charge is 2.21. The van der Waals surface area contributed by atoms with Crippen molar-refractivity contribution in [3.05, 3.63) is 51.2 Å². The normalized spacial score (nSPS) is 12.0. The minimum atomic E-state index is -0.537. The van der Waals surface area contributed by atoms with Crippen LogP contribution < -0.4 is 5.32 Å². The Kier molecular flexibility index (Phi) is 4.78. The summed E-state index contributed by atoms with van der Waals surface area (Å²) in [6.07, 6.45) is 0. The highest BCUT2D eigenvalue weighted by molar-refractivity contribution is 5.93. The molecular weight excluding hydrogens is 296 g/mol. The van der Waals surface area contributed by atoms with Crippen molar-refractivity contribution in [3.8, 4) is 0 Å². The van der Waals surface area contributed by atoms with Crippen LogP contribution in [0.15, 0.2) is 24.3 Å². The molecule has 1 atom stereocenters. The number of nitrogens with one attached hydrogen (secondary N) is 1. The molecule has 0 fully saturated rings. The molecule has 1 aromatic heterocycles. The first-order valence-electron chi connectivity index (χ1n) is 7.35. The molecule has 1 heterocycles. The summed E-state index contributed by atoms with van der Waals surface area (Å²) >= 11 is 0. The van der Waals surface area contributed by atoms with Gasteiger partial charge in [-0.1, -0.05) is 25.1 Å². The molecule has 0 aliphatic rings. The molecule has 0 saturated heterocycles. The van der Waals surface area contributed by atoms with Crippen molar-refractivity contribution in [3.63, 3.8) is 0 Å². The van der Waals surface area contributed by atoms with Crippen LogP contribution in [0.4, 0.5) is 11.5 Å². The van der Waals surface area contributed by atoms with Crippen molar-refractivity contribution in [2.45, 2.75) is 34.2 Å². The Morgan fingerprint density at radius 3 is 2.48 bits per heavy atom. The van der Waals surface area contributed by atoms with Gasteiger partial charge in [0.25, 0.3) is 0 Å². The van der Waals surface area contributed by atoms with Crippen LogP contribution >= 0.6 is 0 Å². The number of aromatic nitrogens is 2. The molecule has 1 amide bonds. The lowest BCUT2D eigenvalue weighted by Gasteiger charge is -2.15. The molecule has 1 N–H and O–H groups in total. The number of nitro groups is 1. The predicted octanol–water partition coefficient (Wildman–Crippen LogP) is 2.99. The SMILES string of the molecule is Cc1cccc(C)c1NC(=O)C(C)Cn1nc([N+](=O)[O-])cc1C. The van der Waals surface area contributed by atoms with E-state index in [1.807, 2.05) is 32.0 Å². The summed E-state index contributed by atoms with van der Waals surface area (Å²) < 4.78 is 1.49. The van der Waals surface area contributed by atoms with Gasteiger partial charge in [0.05, 0.1) is 29.3 Å². The van der Waals surface area contributed by atoms with E-state index in [4.69, 9.17) is 0 Å². The van der Waals surface area contributed by atoms with Gasteiger partial charge in [0, 0.05) is 5.69 Å². The molecule has 7 nitrogen and oxygen atoms in total. The van der Waals surface area contributed by atoms with Gasteiger partial charge in [0.2, 0.25) is 5.91 Å². The molecule has 0 radical (unpaired) electrons. The van der Waals surface area contributed by atoms with Gasteiger partial charge < -0.3 is 15.4 Å². The van der Waals surface area contributed by atoms with Gasteiger partial charge in [-0.25, -0.2) is 0 Å². The summed E-state index contributed by atoms with van der Waals surface area (Å²) in [5.74, 6) is -0.711. The van der Waals surface area contributed by atoms with E-state index in [1.165, 1.54) is 10.7 Å². The lowest BCUT2D eigenvalue weighted by atomic mass is 10.1. The monoisotopic (exact) mass is 316 g/mol. The number of aryl methyl sites for hydroxylation is 3. The molecule has 0 spiro atoms. The smallest absolute Gasteiger partial charge is 0.358 e. The van der Waals surface area contributed by atoms with E-state index < -0.39 is 4.92 Å². The van der Waals surface area contributed by atoms with Crippen molar-refractivity contribution in [1.29, 1.82) is 0 Å². The molecule has 7 heteroatoms. The van der Waals surface area contributed by atoms with Crippen molar-refractivity contribution >= 4 is 17.4 Å². The molecule has 0 aliphatic carbocycles. The predicted molar refractivity (Wildman–Crippen MR) is 87.3 cm³/mol. The Morgan fingerprint density at radius 2 is 1.96 bits per heavy atom. The van der Waals surface area contributed by atoms with Crippen molar-refractivity contribution < 1.29 is 9.72 Å². The maximum absolute atomic E-state index is 12.4. The van der Waals surface area contributed by atoms with Crippen LogP contribution in [0.1, 0.15) is 23.7 Å². The van der Waals surface area contributed by atoms with E-state index in [-0.39, 0.29) is 24.2 Å². The summed E-state index contributed by atoms with van der Waals surface area (Å²) in [7, 11) is 0. The zero-order valence-corrected chi connectivity index (χ0v) is 13.7. The topological polar surface area (TPSA) is 90.1 Å². The third-order valence-corrected chi connectivity index (χ3v) is 3.78. The van der Waals surface area contributed by atoms with Crippen molar-refractivity contribution in [2.24, 2.45) is 5.92 Å². The fourth-order valence-electron chi connectivity index (χ4n) is 2.37. The van der Waals surface area contributed by atoms with E-state index in [1.54, 1.807) is 13.8 Å². The molecule has 0 aliphatic heterocycles. The summed E-state index contributed by atoms with van der Waals surface area (Å²) in [4.78, 5) is 22.6. The zero-order chi connectivity index (χ0) is 17.1. The Hall–Kier alpha value is -2.70. The Morgan fingerprint density at radius 1 is 1.35 bits per heavy atom. The first-order chi connectivity index (χ1) is 10.8. The highest BCUT2D eigenvalue weighted by atomic mass is 16.6. The van der Waals surface area contributed by atoms with Crippen LogP contribution in [0.2, 0.25) is 0 Å². The van der Waals surface area contributed by atoms with Gasteiger partial charge in [-0.05, 0) is 36.8 Å². The number of anilines is 1. The second kappa shape index (κ2) is 6.60. The summed E-state index contributed by atoms with van der Waals surface area (Å²) in [5.41, 5.74) is 3.46. The Balaban J connectivity index is 2.10. The lowest BCUT2D eigenvalue weighted by Crippen LogP contribution is -2.26.